The number of allylic oxidation sites excluding steroid dienone is 1. The Labute approximate surface area is 306 Å². The van der Waals surface area contributed by atoms with Crippen LogP contribution < -0.4 is 4.74 Å². The van der Waals surface area contributed by atoms with E-state index in [1.165, 1.54) is 41.3 Å². The summed E-state index contributed by atoms with van der Waals surface area (Å²) in [5, 5.41) is 2.35. The molecule has 3 unspecified atom stereocenters. The summed E-state index contributed by atoms with van der Waals surface area (Å²) in [5.41, 5.74) is 8.43. The van der Waals surface area contributed by atoms with Gasteiger partial charge in [-0.1, -0.05) is 43.2 Å². The van der Waals surface area contributed by atoms with Gasteiger partial charge < -0.3 is 24.2 Å². The maximum Gasteiger partial charge on any atom is 0.319 e. The number of likely N-dealkylation sites (N-methyl/N-ethyl adjacent to an activating group) is 1. The molecule has 4 fully saturated rings. The highest BCUT2D eigenvalue weighted by atomic mass is 16.5. The van der Waals surface area contributed by atoms with E-state index in [0.717, 1.165) is 78.7 Å². The van der Waals surface area contributed by atoms with Crippen molar-refractivity contribution in [2.75, 3.05) is 48.0 Å². The molecular formula is C43H52N4O5. The molecule has 4 aliphatic heterocycles. The number of carbonyl (C=O) groups is 2. The molecule has 0 spiro atoms. The summed E-state index contributed by atoms with van der Waals surface area (Å²) in [5.74, 6) is 0.960. The number of nitrogens with zero attached hydrogens (tertiary/aromatic N) is 2. The first-order valence-corrected chi connectivity index (χ1v) is 19.3. The SMILES string of the molecule is C/C=C1/CN(C)[C@H]2Cc3c([nH]c4ccccc34)C(c3c(OC)ccc4c5c([nH]c34)[C@]3(C(=O)OC)C[C@@H]4C[C@H](CC)[C@H]3N(CC5)C4)C[C@H]1C2C(=O)OC. The van der Waals surface area contributed by atoms with Crippen molar-refractivity contribution in [2.24, 2.45) is 23.7 Å². The Kier molecular flexibility index (Phi) is 8.12. The third-order valence-corrected chi connectivity index (χ3v) is 14.2. The Balaban J connectivity index is 1.32. The fraction of sp³-hybridized carbons (Fsp3) is 0.535. The fourth-order valence-electron chi connectivity index (χ4n) is 12.1. The molecule has 274 valence electrons. The summed E-state index contributed by atoms with van der Waals surface area (Å²) in [6, 6.07) is 13.0. The first-order chi connectivity index (χ1) is 25.3. The monoisotopic (exact) mass is 704 g/mol. The van der Waals surface area contributed by atoms with Crippen LogP contribution >= 0.6 is 0 Å². The molecule has 1 saturated carbocycles. The second kappa shape index (κ2) is 12.5. The van der Waals surface area contributed by atoms with Crippen LogP contribution in [0.5, 0.6) is 5.75 Å². The molecule has 4 aromatic rings. The van der Waals surface area contributed by atoms with Gasteiger partial charge in [0, 0.05) is 70.9 Å². The lowest BCUT2D eigenvalue weighted by Crippen LogP contribution is -2.67. The number of hydrogen-bond donors (Lipinski definition) is 2. The van der Waals surface area contributed by atoms with Gasteiger partial charge in [-0.25, -0.2) is 0 Å². The van der Waals surface area contributed by atoms with Crippen molar-refractivity contribution in [3.8, 4) is 5.75 Å². The number of methoxy groups -OCH3 is 3. The molecule has 9 heteroatoms. The number of hydrogen-bond acceptors (Lipinski definition) is 7. The molecule has 3 saturated heterocycles. The summed E-state index contributed by atoms with van der Waals surface area (Å²) < 4.78 is 17.7. The maximum absolute atomic E-state index is 14.4. The highest BCUT2D eigenvalue weighted by Crippen LogP contribution is 2.57. The molecule has 10 rings (SSSR count). The summed E-state index contributed by atoms with van der Waals surface area (Å²) in [6.45, 7) is 7.16. The van der Waals surface area contributed by atoms with Crippen LogP contribution in [0, 0.1) is 23.7 Å². The van der Waals surface area contributed by atoms with E-state index in [4.69, 9.17) is 14.2 Å². The zero-order chi connectivity index (χ0) is 36.1. The zero-order valence-corrected chi connectivity index (χ0v) is 31.4. The van der Waals surface area contributed by atoms with Gasteiger partial charge in [-0.05, 0) is 93.2 Å². The third kappa shape index (κ3) is 4.60. The summed E-state index contributed by atoms with van der Waals surface area (Å²) in [7, 11) is 6.98. The number of carbonyl (C=O) groups excluding carboxylic acids is 2. The van der Waals surface area contributed by atoms with E-state index in [2.05, 4.69) is 83.1 Å². The summed E-state index contributed by atoms with van der Waals surface area (Å²) in [6.07, 6.45) is 7.53. The maximum atomic E-state index is 14.4. The second-order valence-corrected chi connectivity index (χ2v) is 16.3. The van der Waals surface area contributed by atoms with Gasteiger partial charge in [0.15, 0.2) is 0 Å². The van der Waals surface area contributed by atoms with Gasteiger partial charge in [-0.2, -0.15) is 0 Å². The Hall–Kier alpha value is -4.08. The molecule has 2 aromatic carbocycles. The Bertz CT molecular complexity index is 2110. The lowest BCUT2D eigenvalue weighted by Gasteiger charge is -2.57. The Morgan fingerprint density at radius 3 is 2.60 bits per heavy atom. The highest BCUT2D eigenvalue weighted by molar-refractivity contribution is 5.95. The van der Waals surface area contributed by atoms with Crippen molar-refractivity contribution >= 4 is 33.7 Å². The second-order valence-electron chi connectivity index (χ2n) is 16.3. The number of H-pyrrole nitrogens is 2. The third-order valence-electron chi connectivity index (χ3n) is 14.2. The number of esters is 2. The number of nitrogens with one attached hydrogen (secondary N) is 2. The molecule has 2 aliphatic carbocycles. The number of aromatic nitrogens is 2. The topological polar surface area (TPSA) is 99.9 Å². The minimum Gasteiger partial charge on any atom is -0.496 e. The molecule has 6 bridgehead atoms. The lowest BCUT2D eigenvalue weighted by atomic mass is 9.56. The Morgan fingerprint density at radius 2 is 1.85 bits per heavy atom. The largest absolute Gasteiger partial charge is 0.496 e. The van der Waals surface area contributed by atoms with Crippen molar-refractivity contribution in [3.05, 3.63) is 76.1 Å². The molecule has 0 amide bonds. The van der Waals surface area contributed by atoms with E-state index >= 15 is 0 Å². The number of ether oxygens (including phenoxy) is 3. The average molecular weight is 705 g/mol. The van der Waals surface area contributed by atoms with Gasteiger partial charge in [0.1, 0.15) is 11.2 Å². The first-order valence-electron chi connectivity index (χ1n) is 19.3. The van der Waals surface area contributed by atoms with E-state index in [1.54, 1.807) is 14.2 Å². The average Bonchev–Trinajstić information content (AvgIpc) is 3.70. The van der Waals surface area contributed by atoms with E-state index in [1.807, 2.05) is 0 Å². The van der Waals surface area contributed by atoms with E-state index in [0.29, 0.717) is 18.3 Å². The van der Waals surface area contributed by atoms with Gasteiger partial charge >= 0.3 is 11.9 Å². The minimum absolute atomic E-state index is 0.00427. The van der Waals surface area contributed by atoms with Gasteiger partial charge in [0.05, 0.1) is 32.8 Å². The van der Waals surface area contributed by atoms with E-state index in [9.17, 15) is 9.59 Å². The predicted octanol–water partition coefficient (Wildman–Crippen LogP) is 6.49. The zero-order valence-electron chi connectivity index (χ0n) is 31.4. The van der Waals surface area contributed by atoms with Crippen molar-refractivity contribution in [1.82, 2.24) is 19.8 Å². The van der Waals surface area contributed by atoms with E-state index in [-0.39, 0.29) is 41.8 Å². The van der Waals surface area contributed by atoms with Gasteiger partial charge in [0.25, 0.3) is 0 Å². The van der Waals surface area contributed by atoms with Crippen molar-refractivity contribution in [1.29, 1.82) is 0 Å². The Morgan fingerprint density at radius 1 is 1.02 bits per heavy atom. The van der Waals surface area contributed by atoms with Crippen molar-refractivity contribution in [3.63, 3.8) is 0 Å². The molecule has 2 N–H and O–H groups in total. The van der Waals surface area contributed by atoms with Crippen LogP contribution in [-0.2, 0) is 37.3 Å². The van der Waals surface area contributed by atoms with Crippen LogP contribution in [0.15, 0.2) is 48.0 Å². The molecule has 6 heterocycles. The minimum atomic E-state index is -0.756. The molecule has 6 aliphatic rings. The van der Waals surface area contributed by atoms with E-state index < -0.39 is 5.41 Å². The van der Waals surface area contributed by atoms with Crippen LogP contribution in [0.4, 0.5) is 0 Å². The normalized spacial score (nSPS) is 33.2. The summed E-state index contributed by atoms with van der Waals surface area (Å²) in [4.78, 5) is 41.2. The van der Waals surface area contributed by atoms with Crippen molar-refractivity contribution in [2.45, 2.75) is 75.8 Å². The van der Waals surface area contributed by atoms with Gasteiger partial charge in [-0.3, -0.25) is 19.4 Å². The predicted molar refractivity (Wildman–Crippen MR) is 202 cm³/mol. The molecule has 9 nitrogen and oxygen atoms in total. The summed E-state index contributed by atoms with van der Waals surface area (Å²) >= 11 is 0. The highest BCUT2D eigenvalue weighted by Gasteiger charge is 2.63. The van der Waals surface area contributed by atoms with Crippen LogP contribution in [0.2, 0.25) is 0 Å². The van der Waals surface area contributed by atoms with Crippen LogP contribution in [0.1, 0.15) is 73.5 Å². The number of para-hydroxylation sites is 1. The first kappa shape index (κ1) is 33.7. The number of fused-ring (bicyclic) bond motifs is 9. The number of likely N-dealkylation sites (tertiary alicyclic amines) is 1. The van der Waals surface area contributed by atoms with Crippen LogP contribution in [0.3, 0.4) is 0 Å². The quantitative estimate of drug-likeness (QED) is 0.181. The van der Waals surface area contributed by atoms with Crippen molar-refractivity contribution < 1.29 is 23.8 Å². The number of piperidine rings is 3. The number of aromatic amines is 2. The molecule has 52 heavy (non-hydrogen) atoms. The fourth-order valence-corrected chi connectivity index (χ4v) is 12.1. The number of rotatable bonds is 5. The van der Waals surface area contributed by atoms with Crippen LogP contribution in [-0.4, -0.2) is 91.8 Å². The number of benzene rings is 2. The lowest BCUT2D eigenvalue weighted by molar-refractivity contribution is -0.162. The van der Waals surface area contributed by atoms with Gasteiger partial charge in [-0.15, -0.1) is 0 Å². The molecular weight excluding hydrogens is 652 g/mol. The molecule has 0 radical (unpaired) electrons. The standard InChI is InChI=1S/C43H52N4O5/c1-7-24-17-23-20-43(42(49)52-6)39-28(15-16-47(21-23)40(24)43)27-13-14-34(50-4)36(38(27)45-39)31-18-29-25(8-2)22-46(3)33(35(29)41(48)51-5)19-30-26-11-9-10-12-32(26)44-37(30)31/h8-14,23-24,29,31,33,35,40,44-45H,7,15-22H2,1-6H3/b25-8-/t23-,24-,29+,31?,33-,35?,40+,43+/m0/s1. The smallest absolute Gasteiger partial charge is 0.319 e. The molecule has 9 atom stereocenters. The molecule has 2 aromatic heterocycles. The van der Waals surface area contributed by atoms with Crippen LogP contribution in [0.25, 0.3) is 21.8 Å². The van der Waals surface area contributed by atoms with Gasteiger partial charge in [0.2, 0.25) is 0 Å².